The first-order chi connectivity index (χ1) is 14.9. The van der Waals surface area contributed by atoms with Gasteiger partial charge in [-0.2, -0.15) is 4.98 Å². The van der Waals surface area contributed by atoms with Crippen LogP contribution in [0.1, 0.15) is 35.6 Å². The molecule has 0 radical (unpaired) electrons. The summed E-state index contributed by atoms with van der Waals surface area (Å²) in [7, 11) is 1.59. The van der Waals surface area contributed by atoms with Gasteiger partial charge in [-0.05, 0) is 49.2 Å². The van der Waals surface area contributed by atoms with Crippen LogP contribution in [0.15, 0.2) is 53.1 Å². The maximum Gasteiger partial charge on any atom is 0.329 e. The van der Waals surface area contributed by atoms with Crippen molar-refractivity contribution in [1.29, 1.82) is 0 Å². The van der Waals surface area contributed by atoms with E-state index in [1.165, 1.54) is 0 Å². The van der Waals surface area contributed by atoms with Crippen LogP contribution >= 0.6 is 0 Å². The number of aromatic nitrogens is 2. The molecule has 3 rings (SSSR count). The molecule has 162 valence electrons. The second-order valence-corrected chi connectivity index (χ2v) is 7.42. The van der Waals surface area contributed by atoms with Crippen LogP contribution in [0.3, 0.4) is 0 Å². The number of amides is 1. The van der Waals surface area contributed by atoms with Crippen molar-refractivity contribution in [2.24, 2.45) is 5.92 Å². The molecule has 31 heavy (non-hydrogen) atoms. The van der Waals surface area contributed by atoms with Gasteiger partial charge in [-0.3, -0.25) is 4.79 Å². The van der Waals surface area contributed by atoms with Crippen LogP contribution in [-0.4, -0.2) is 35.2 Å². The highest BCUT2D eigenvalue weighted by atomic mass is 16.5. The third-order valence-electron chi connectivity index (χ3n) is 4.64. The summed E-state index contributed by atoms with van der Waals surface area (Å²) in [5, 5.41) is 6.60. The van der Waals surface area contributed by atoms with Crippen molar-refractivity contribution < 1.29 is 23.6 Å². The quantitative estimate of drug-likeness (QED) is 0.553. The van der Waals surface area contributed by atoms with Crippen LogP contribution in [0.4, 0.5) is 0 Å². The topological polar surface area (TPSA) is 104 Å². The lowest BCUT2D eigenvalue weighted by molar-refractivity contribution is -0.148. The van der Waals surface area contributed by atoms with Crippen LogP contribution in [0.25, 0.3) is 11.5 Å². The average molecular weight is 423 g/mol. The van der Waals surface area contributed by atoms with Gasteiger partial charge < -0.3 is 19.3 Å². The Bertz CT molecular complexity index is 1040. The standard InChI is InChI=1S/C23H25N3O5/c1-14(2)20(25-21(27)17-7-5-6-15(3)12-17)23(28)30-13-19-24-22(31-26-19)16-8-10-18(29-4)11-9-16/h5-12,14,20H,13H2,1-4H3,(H,25,27)/t20-/m0/s1. The van der Waals surface area contributed by atoms with Gasteiger partial charge in [0.05, 0.1) is 7.11 Å². The monoisotopic (exact) mass is 423 g/mol. The SMILES string of the molecule is COc1ccc(-c2nc(COC(=O)[C@@H](NC(=O)c3cccc(C)c3)C(C)C)no2)cc1. The normalized spacial score (nSPS) is 11.8. The summed E-state index contributed by atoms with van der Waals surface area (Å²) >= 11 is 0. The van der Waals surface area contributed by atoms with Crippen molar-refractivity contribution >= 4 is 11.9 Å². The Morgan fingerprint density at radius 2 is 1.87 bits per heavy atom. The second kappa shape index (κ2) is 9.88. The predicted octanol–water partition coefficient (Wildman–Crippen LogP) is 3.55. The van der Waals surface area contributed by atoms with Gasteiger partial charge in [0.2, 0.25) is 5.82 Å². The van der Waals surface area contributed by atoms with Gasteiger partial charge in [0.1, 0.15) is 11.8 Å². The lowest BCUT2D eigenvalue weighted by Gasteiger charge is -2.20. The van der Waals surface area contributed by atoms with Gasteiger partial charge in [-0.25, -0.2) is 4.79 Å². The van der Waals surface area contributed by atoms with Crippen molar-refractivity contribution in [2.75, 3.05) is 7.11 Å². The highest BCUT2D eigenvalue weighted by Crippen LogP contribution is 2.21. The number of nitrogens with one attached hydrogen (secondary N) is 1. The summed E-state index contributed by atoms with van der Waals surface area (Å²) in [6.07, 6.45) is 0. The Balaban J connectivity index is 1.61. The molecule has 1 amide bonds. The van der Waals surface area contributed by atoms with Gasteiger partial charge in [0.15, 0.2) is 6.61 Å². The molecule has 0 aliphatic rings. The van der Waals surface area contributed by atoms with Gasteiger partial charge in [0.25, 0.3) is 11.8 Å². The van der Waals surface area contributed by atoms with Crippen molar-refractivity contribution in [3.8, 4) is 17.2 Å². The van der Waals surface area contributed by atoms with E-state index >= 15 is 0 Å². The van der Waals surface area contributed by atoms with Crippen LogP contribution in [-0.2, 0) is 16.1 Å². The van der Waals surface area contributed by atoms with Crippen LogP contribution in [0, 0.1) is 12.8 Å². The van der Waals surface area contributed by atoms with E-state index in [0.29, 0.717) is 17.2 Å². The Morgan fingerprint density at radius 3 is 2.52 bits per heavy atom. The number of nitrogens with zero attached hydrogens (tertiary/aromatic N) is 2. The molecule has 3 aromatic rings. The molecule has 0 aliphatic carbocycles. The molecule has 1 aromatic heterocycles. The van der Waals surface area contributed by atoms with E-state index in [0.717, 1.165) is 11.1 Å². The molecule has 8 heteroatoms. The van der Waals surface area contributed by atoms with E-state index in [1.54, 1.807) is 49.6 Å². The summed E-state index contributed by atoms with van der Waals surface area (Å²) in [5.74, 6) is 0.187. The van der Waals surface area contributed by atoms with Crippen molar-refractivity contribution in [3.63, 3.8) is 0 Å². The molecule has 1 heterocycles. The summed E-state index contributed by atoms with van der Waals surface area (Å²) in [6.45, 7) is 5.40. The number of ether oxygens (including phenoxy) is 2. The van der Waals surface area contributed by atoms with Crippen LogP contribution < -0.4 is 10.1 Å². The molecule has 1 atom stereocenters. The van der Waals surface area contributed by atoms with E-state index in [1.807, 2.05) is 26.8 Å². The highest BCUT2D eigenvalue weighted by Gasteiger charge is 2.26. The number of hydrogen-bond acceptors (Lipinski definition) is 7. The smallest absolute Gasteiger partial charge is 0.329 e. The summed E-state index contributed by atoms with van der Waals surface area (Å²) < 4.78 is 15.7. The molecule has 8 nitrogen and oxygen atoms in total. The molecule has 1 N–H and O–H groups in total. The lowest BCUT2D eigenvalue weighted by Crippen LogP contribution is -2.45. The number of esters is 1. The number of carbonyl (C=O) groups excluding carboxylic acids is 2. The molecule has 0 unspecified atom stereocenters. The fourth-order valence-electron chi connectivity index (χ4n) is 2.90. The van der Waals surface area contributed by atoms with E-state index in [9.17, 15) is 9.59 Å². The maximum absolute atomic E-state index is 12.6. The Labute approximate surface area is 180 Å². The average Bonchev–Trinajstić information content (AvgIpc) is 3.24. The Hall–Kier alpha value is -3.68. The van der Waals surface area contributed by atoms with E-state index in [2.05, 4.69) is 15.5 Å². The second-order valence-electron chi connectivity index (χ2n) is 7.42. The van der Waals surface area contributed by atoms with Gasteiger partial charge >= 0.3 is 5.97 Å². The number of hydrogen-bond donors (Lipinski definition) is 1. The largest absolute Gasteiger partial charge is 0.497 e. The molecule has 0 aliphatic heterocycles. The molecule has 0 bridgehead atoms. The Morgan fingerprint density at radius 1 is 1.13 bits per heavy atom. The van der Waals surface area contributed by atoms with Crippen LogP contribution in [0.5, 0.6) is 5.75 Å². The molecule has 0 saturated carbocycles. The van der Waals surface area contributed by atoms with Crippen molar-refractivity contribution in [3.05, 3.63) is 65.5 Å². The summed E-state index contributed by atoms with van der Waals surface area (Å²) in [5.41, 5.74) is 2.16. The Kier molecular flexibility index (Phi) is 7.02. The molecular formula is C23H25N3O5. The zero-order chi connectivity index (χ0) is 22.4. The third kappa shape index (κ3) is 5.69. The maximum atomic E-state index is 12.6. The van der Waals surface area contributed by atoms with Crippen molar-refractivity contribution in [2.45, 2.75) is 33.4 Å². The van der Waals surface area contributed by atoms with Gasteiger partial charge in [-0.1, -0.05) is 36.7 Å². The molecular weight excluding hydrogens is 398 g/mol. The van der Waals surface area contributed by atoms with E-state index in [-0.39, 0.29) is 24.3 Å². The van der Waals surface area contributed by atoms with Crippen molar-refractivity contribution in [1.82, 2.24) is 15.5 Å². The highest BCUT2D eigenvalue weighted by molar-refractivity contribution is 5.97. The third-order valence-corrected chi connectivity index (χ3v) is 4.64. The molecule has 0 spiro atoms. The summed E-state index contributed by atoms with van der Waals surface area (Å²) in [6, 6.07) is 13.5. The minimum absolute atomic E-state index is 0.165. The van der Waals surface area contributed by atoms with Crippen LogP contribution in [0.2, 0.25) is 0 Å². The first-order valence-electron chi connectivity index (χ1n) is 9.88. The number of carbonyl (C=O) groups is 2. The number of rotatable bonds is 8. The summed E-state index contributed by atoms with van der Waals surface area (Å²) in [4.78, 5) is 29.4. The fraction of sp³-hybridized carbons (Fsp3) is 0.304. The number of methoxy groups -OCH3 is 1. The lowest BCUT2D eigenvalue weighted by atomic mass is 10.0. The minimum atomic E-state index is -0.805. The fourth-order valence-corrected chi connectivity index (χ4v) is 2.90. The number of benzene rings is 2. The van der Waals surface area contributed by atoms with Gasteiger partial charge in [0, 0.05) is 11.1 Å². The first kappa shape index (κ1) is 22.0. The molecule has 2 aromatic carbocycles. The first-order valence-corrected chi connectivity index (χ1v) is 9.88. The number of aryl methyl sites for hydroxylation is 1. The minimum Gasteiger partial charge on any atom is -0.497 e. The van der Waals surface area contributed by atoms with E-state index in [4.69, 9.17) is 14.0 Å². The zero-order valence-corrected chi connectivity index (χ0v) is 17.9. The van der Waals surface area contributed by atoms with Gasteiger partial charge in [-0.15, -0.1) is 0 Å². The molecule has 0 fully saturated rings. The molecule has 0 saturated heterocycles. The predicted molar refractivity (Wildman–Crippen MR) is 113 cm³/mol. The van der Waals surface area contributed by atoms with E-state index < -0.39 is 12.0 Å². The zero-order valence-electron chi connectivity index (χ0n) is 17.9.